The highest BCUT2D eigenvalue weighted by atomic mass is 19.1. The number of Topliss-reactive ketones (excluding diaryl/α,β-unsaturated/α-hetero) is 1. The molecule has 0 unspecified atom stereocenters. The number of nitrogens with zero attached hydrogens (tertiary/aromatic N) is 1. The van der Waals surface area contributed by atoms with E-state index in [1.54, 1.807) is 31.2 Å². The summed E-state index contributed by atoms with van der Waals surface area (Å²) in [6, 6.07) is 11.2. The van der Waals surface area contributed by atoms with Crippen LogP contribution in [0.2, 0.25) is 0 Å². The highest BCUT2D eigenvalue weighted by Crippen LogP contribution is 2.50. The average molecular weight is 438 g/mol. The molecule has 0 aliphatic carbocycles. The van der Waals surface area contributed by atoms with Gasteiger partial charge in [0.2, 0.25) is 11.8 Å². The van der Waals surface area contributed by atoms with E-state index < -0.39 is 47.0 Å². The normalized spacial score (nSPS) is 26.9. The summed E-state index contributed by atoms with van der Waals surface area (Å²) in [5.41, 5.74) is -0.762. The predicted molar refractivity (Wildman–Crippen MR) is 113 cm³/mol. The monoisotopic (exact) mass is 438 g/mol. The lowest BCUT2D eigenvalue weighted by molar-refractivity contribution is -0.153. The van der Waals surface area contributed by atoms with Crippen molar-refractivity contribution in [3.8, 4) is 0 Å². The van der Waals surface area contributed by atoms with Crippen molar-refractivity contribution in [2.75, 3.05) is 11.5 Å². The van der Waals surface area contributed by atoms with Crippen molar-refractivity contribution in [1.29, 1.82) is 0 Å². The SMILES string of the molecule is CCOC(=O)[C@@]1(C)N[C@@H](c2ccccc2F)[C@H]2C(=O)N(c3cccc(C(C)=O)c3)C(=O)[C@@H]21. The number of anilines is 1. The molecule has 0 radical (unpaired) electrons. The lowest BCUT2D eigenvalue weighted by atomic mass is 9.80. The molecular formula is C24H23FN2O5. The number of nitrogens with one attached hydrogen (secondary N) is 1. The van der Waals surface area contributed by atoms with Crippen molar-refractivity contribution < 1.29 is 28.3 Å². The number of hydrogen-bond donors (Lipinski definition) is 1. The fourth-order valence-corrected chi connectivity index (χ4v) is 4.72. The molecule has 8 heteroatoms. The van der Waals surface area contributed by atoms with E-state index in [1.165, 1.54) is 38.1 Å². The van der Waals surface area contributed by atoms with Crippen molar-refractivity contribution in [2.45, 2.75) is 32.4 Å². The number of fused-ring (bicyclic) bond motifs is 1. The van der Waals surface area contributed by atoms with Crippen molar-refractivity contribution in [3.63, 3.8) is 0 Å². The Kier molecular flexibility index (Phi) is 5.42. The van der Waals surface area contributed by atoms with Crippen molar-refractivity contribution in [1.82, 2.24) is 5.32 Å². The molecule has 0 saturated carbocycles. The van der Waals surface area contributed by atoms with Gasteiger partial charge in [0.05, 0.1) is 24.1 Å². The topological polar surface area (TPSA) is 92.8 Å². The number of rotatable bonds is 5. The number of amides is 2. The Morgan fingerprint density at radius 1 is 1.12 bits per heavy atom. The van der Waals surface area contributed by atoms with E-state index in [2.05, 4.69) is 5.32 Å². The lowest BCUT2D eigenvalue weighted by Crippen LogP contribution is -2.54. The van der Waals surface area contributed by atoms with E-state index in [0.29, 0.717) is 5.56 Å². The standard InChI is InChI=1S/C24H23FN2O5/c1-4-32-23(31)24(3)19-18(20(26-24)16-10-5-6-11-17(16)25)21(29)27(22(19)30)15-9-7-8-14(12-15)13(2)28/h5-12,18-20,26H,4H2,1-3H3/t18-,19+,20-,24-/m0/s1. The second-order valence-corrected chi connectivity index (χ2v) is 8.19. The summed E-state index contributed by atoms with van der Waals surface area (Å²) in [7, 11) is 0. The molecule has 0 bridgehead atoms. The maximum atomic E-state index is 14.7. The van der Waals surface area contributed by atoms with Crippen LogP contribution in [0.1, 0.15) is 42.7 Å². The van der Waals surface area contributed by atoms with Crippen LogP contribution in [0.25, 0.3) is 0 Å². The number of carbonyl (C=O) groups is 4. The summed E-state index contributed by atoms with van der Waals surface area (Å²) in [6.45, 7) is 4.62. The molecule has 2 aliphatic rings. The zero-order valence-corrected chi connectivity index (χ0v) is 17.9. The fourth-order valence-electron chi connectivity index (χ4n) is 4.72. The molecule has 1 N–H and O–H groups in total. The Morgan fingerprint density at radius 3 is 2.50 bits per heavy atom. The van der Waals surface area contributed by atoms with Gasteiger partial charge >= 0.3 is 5.97 Å². The summed E-state index contributed by atoms with van der Waals surface area (Å²) >= 11 is 0. The van der Waals surface area contributed by atoms with E-state index in [0.717, 1.165) is 4.90 Å². The first-order valence-electron chi connectivity index (χ1n) is 10.4. The Labute approximate surface area is 184 Å². The van der Waals surface area contributed by atoms with Crippen LogP contribution < -0.4 is 10.2 Å². The van der Waals surface area contributed by atoms with Crippen molar-refractivity contribution >= 4 is 29.3 Å². The molecule has 2 heterocycles. The number of imide groups is 1. The fraction of sp³-hybridized carbons (Fsp3) is 0.333. The van der Waals surface area contributed by atoms with Gasteiger partial charge in [0, 0.05) is 17.2 Å². The van der Waals surface area contributed by atoms with Crippen LogP contribution in [0.5, 0.6) is 0 Å². The van der Waals surface area contributed by atoms with Gasteiger partial charge in [-0.15, -0.1) is 0 Å². The number of esters is 1. The first-order valence-corrected chi connectivity index (χ1v) is 10.4. The van der Waals surface area contributed by atoms with Crippen molar-refractivity contribution in [3.05, 3.63) is 65.5 Å². The number of carbonyl (C=O) groups excluding carboxylic acids is 4. The Bertz CT molecular complexity index is 1130. The van der Waals surface area contributed by atoms with Gasteiger partial charge in [-0.25, -0.2) is 9.29 Å². The van der Waals surface area contributed by atoms with Gasteiger partial charge in [-0.2, -0.15) is 0 Å². The molecule has 166 valence electrons. The molecule has 2 saturated heterocycles. The van der Waals surface area contributed by atoms with Gasteiger partial charge in [0.25, 0.3) is 0 Å². The number of ether oxygens (including phenoxy) is 1. The highest BCUT2D eigenvalue weighted by Gasteiger charge is 2.67. The summed E-state index contributed by atoms with van der Waals surface area (Å²) < 4.78 is 19.9. The number of ketones is 1. The van der Waals surface area contributed by atoms with Crippen LogP contribution in [-0.2, 0) is 19.1 Å². The summed E-state index contributed by atoms with van der Waals surface area (Å²) in [4.78, 5) is 52.8. The molecule has 0 spiro atoms. The van der Waals surface area contributed by atoms with E-state index in [-0.39, 0.29) is 23.6 Å². The highest BCUT2D eigenvalue weighted by molar-refractivity contribution is 6.24. The third kappa shape index (κ3) is 3.22. The Morgan fingerprint density at radius 2 is 1.84 bits per heavy atom. The molecule has 2 aliphatic heterocycles. The molecule has 2 amide bonds. The summed E-state index contributed by atoms with van der Waals surface area (Å²) in [5, 5.41) is 3.04. The van der Waals surface area contributed by atoms with Gasteiger partial charge < -0.3 is 4.74 Å². The molecule has 2 fully saturated rings. The maximum Gasteiger partial charge on any atom is 0.326 e. The second kappa shape index (κ2) is 7.94. The molecule has 32 heavy (non-hydrogen) atoms. The first-order chi connectivity index (χ1) is 15.2. The van der Waals surface area contributed by atoms with E-state index in [1.807, 2.05) is 0 Å². The van der Waals surface area contributed by atoms with Gasteiger partial charge in [0.15, 0.2) is 5.78 Å². The Hall–Kier alpha value is -3.39. The van der Waals surface area contributed by atoms with Gasteiger partial charge in [-0.1, -0.05) is 30.3 Å². The largest absolute Gasteiger partial charge is 0.465 e. The molecule has 0 aromatic heterocycles. The molecule has 7 nitrogen and oxygen atoms in total. The molecule has 2 aromatic rings. The van der Waals surface area contributed by atoms with Gasteiger partial charge in [0.1, 0.15) is 11.4 Å². The lowest BCUT2D eigenvalue weighted by Gasteiger charge is -2.29. The molecule has 4 atom stereocenters. The number of benzene rings is 2. The van der Waals surface area contributed by atoms with E-state index in [9.17, 15) is 23.6 Å². The minimum Gasteiger partial charge on any atom is -0.465 e. The van der Waals surface area contributed by atoms with E-state index in [4.69, 9.17) is 4.74 Å². The third-order valence-electron chi connectivity index (χ3n) is 6.24. The van der Waals surface area contributed by atoms with Crippen LogP contribution in [0.4, 0.5) is 10.1 Å². The summed E-state index contributed by atoms with van der Waals surface area (Å²) in [5.74, 6) is -4.72. The average Bonchev–Trinajstić information content (AvgIpc) is 3.22. The molecular weight excluding hydrogens is 415 g/mol. The zero-order chi connectivity index (χ0) is 23.2. The minimum absolute atomic E-state index is 0.0877. The van der Waals surface area contributed by atoms with E-state index >= 15 is 0 Å². The summed E-state index contributed by atoms with van der Waals surface area (Å²) in [6.07, 6.45) is 0. The predicted octanol–water partition coefficient (Wildman–Crippen LogP) is 2.80. The number of hydrogen-bond acceptors (Lipinski definition) is 6. The van der Waals surface area contributed by atoms with Gasteiger partial charge in [-0.05, 0) is 39.0 Å². The molecule has 2 aromatic carbocycles. The van der Waals surface area contributed by atoms with Crippen LogP contribution in [0, 0.1) is 17.7 Å². The number of halogens is 1. The van der Waals surface area contributed by atoms with Gasteiger partial charge in [-0.3, -0.25) is 24.5 Å². The smallest absolute Gasteiger partial charge is 0.326 e. The van der Waals surface area contributed by atoms with Crippen LogP contribution in [0.15, 0.2) is 48.5 Å². The van der Waals surface area contributed by atoms with Crippen LogP contribution in [-0.4, -0.2) is 35.7 Å². The first kappa shape index (κ1) is 21.8. The zero-order valence-electron chi connectivity index (χ0n) is 17.9. The quantitative estimate of drug-likeness (QED) is 0.438. The Balaban J connectivity index is 1.84. The van der Waals surface area contributed by atoms with Crippen LogP contribution in [0.3, 0.4) is 0 Å². The van der Waals surface area contributed by atoms with Crippen LogP contribution >= 0.6 is 0 Å². The maximum absolute atomic E-state index is 14.7. The molecule has 4 rings (SSSR count). The minimum atomic E-state index is -1.53. The third-order valence-corrected chi connectivity index (χ3v) is 6.24. The van der Waals surface area contributed by atoms with Crippen molar-refractivity contribution in [2.24, 2.45) is 11.8 Å². The second-order valence-electron chi connectivity index (χ2n) is 8.19.